The van der Waals surface area contributed by atoms with Gasteiger partial charge in [-0.05, 0) is 31.0 Å². The summed E-state index contributed by atoms with van der Waals surface area (Å²) in [4.78, 5) is -0.170. The summed E-state index contributed by atoms with van der Waals surface area (Å²) in [5.41, 5.74) is 0. The lowest BCUT2D eigenvalue weighted by atomic mass is 10.2. The van der Waals surface area contributed by atoms with Crippen molar-refractivity contribution in [2.45, 2.75) is 30.8 Å². The van der Waals surface area contributed by atoms with Gasteiger partial charge in [0.15, 0.2) is 0 Å². The third-order valence-electron chi connectivity index (χ3n) is 2.42. The van der Waals surface area contributed by atoms with Crippen LogP contribution in [-0.2, 0) is 10.0 Å². The molecule has 0 bridgehead atoms. The molecule has 0 aliphatic rings. The van der Waals surface area contributed by atoms with Crippen molar-refractivity contribution in [1.82, 2.24) is 4.72 Å². The van der Waals surface area contributed by atoms with Crippen molar-refractivity contribution in [3.63, 3.8) is 0 Å². The topological polar surface area (TPSA) is 66.4 Å². The summed E-state index contributed by atoms with van der Waals surface area (Å²) < 4.78 is 38.8. The molecule has 0 saturated heterocycles. The van der Waals surface area contributed by atoms with Crippen molar-refractivity contribution in [3.05, 3.63) is 29.0 Å². The van der Waals surface area contributed by atoms with Crippen LogP contribution >= 0.6 is 11.6 Å². The van der Waals surface area contributed by atoms with E-state index in [1.54, 1.807) is 6.92 Å². The van der Waals surface area contributed by atoms with E-state index in [0.29, 0.717) is 12.8 Å². The average Bonchev–Trinajstić information content (AvgIpc) is 2.27. The quantitative estimate of drug-likeness (QED) is 0.842. The predicted molar refractivity (Wildman–Crippen MR) is 67.5 cm³/mol. The number of aliphatic hydroxyl groups is 1. The van der Waals surface area contributed by atoms with Gasteiger partial charge in [-0.15, -0.1) is 0 Å². The van der Waals surface area contributed by atoms with E-state index in [2.05, 4.69) is 4.72 Å². The fourth-order valence-corrected chi connectivity index (χ4v) is 2.91. The zero-order valence-corrected chi connectivity index (χ0v) is 11.4. The van der Waals surface area contributed by atoms with Gasteiger partial charge in [-0.3, -0.25) is 0 Å². The van der Waals surface area contributed by atoms with Gasteiger partial charge in [0.25, 0.3) is 0 Å². The van der Waals surface area contributed by atoms with Crippen molar-refractivity contribution >= 4 is 21.6 Å². The van der Waals surface area contributed by atoms with E-state index < -0.39 is 21.9 Å². The van der Waals surface area contributed by atoms with Gasteiger partial charge in [-0.2, -0.15) is 0 Å². The third-order valence-corrected chi connectivity index (χ3v) is 4.37. The molecule has 0 heterocycles. The van der Waals surface area contributed by atoms with Crippen molar-refractivity contribution in [3.8, 4) is 0 Å². The van der Waals surface area contributed by atoms with E-state index in [9.17, 15) is 17.9 Å². The monoisotopic (exact) mass is 295 g/mol. The summed E-state index contributed by atoms with van der Waals surface area (Å²) in [6, 6.07) is 3.08. The van der Waals surface area contributed by atoms with Crippen LogP contribution in [0.5, 0.6) is 0 Å². The van der Waals surface area contributed by atoms with Crippen molar-refractivity contribution < 1.29 is 17.9 Å². The Labute approximate surface area is 111 Å². The molecule has 0 aliphatic heterocycles. The molecule has 18 heavy (non-hydrogen) atoms. The van der Waals surface area contributed by atoms with Gasteiger partial charge < -0.3 is 5.11 Å². The van der Waals surface area contributed by atoms with Crippen LogP contribution in [0, 0.1) is 5.82 Å². The molecular weight excluding hydrogens is 281 g/mol. The molecule has 7 heteroatoms. The molecule has 4 nitrogen and oxygen atoms in total. The molecule has 1 aromatic rings. The van der Waals surface area contributed by atoms with Crippen LogP contribution in [-0.4, -0.2) is 26.2 Å². The number of sulfonamides is 1. The van der Waals surface area contributed by atoms with Crippen molar-refractivity contribution in [2.75, 3.05) is 6.54 Å². The maximum Gasteiger partial charge on any atom is 0.242 e. The summed E-state index contributed by atoms with van der Waals surface area (Å²) >= 11 is 5.67. The van der Waals surface area contributed by atoms with Crippen LogP contribution in [0.25, 0.3) is 0 Å². The molecule has 0 radical (unpaired) electrons. The number of halogens is 2. The Hall–Kier alpha value is -0.690. The van der Waals surface area contributed by atoms with Crippen LogP contribution in [0.2, 0.25) is 5.02 Å². The smallest absolute Gasteiger partial charge is 0.242 e. The predicted octanol–water partition coefficient (Wildman–Crippen LogP) is 1.92. The first-order valence-corrected chi connectivity index (χ1v) is 7.35. The van der Waals surface area contributed by atoms with Crippen LogP contribution in [0.1, 0.15) is 19.8 Å². The van der Waals surface area contributed by atoms with E-state index >= 15 is 0 Å². The first kappa shape index (κ1) is 15.4. The SMILES string of the molecule is CCC(O)CCNS(=O)(=O)c1ccc(F)cc1Cl. The van der Waals surface area contributed by atoms with Crippen LogP contribution < -0.4 is 4.72 Å². The number of benzene rings is 1. The van der Waals surface area contributed by atoms with Gasteiger partial charge in [0.1, 0.15) is 10.7 Å². The second-order valence-electron chi connectivity index (χ2n) is 3.82. The van der Waals surface area contributed by atoms with E-state index in [-0.39, 0.29) is 16.5 Å². The Morgan fingerprint density at radius 1 is 1.50 bits per heavy atom. The number of hydrogen-bond acceptors (Lipinski definition) is 3. The lowest BCUT2D eigenvalue weighted by molar-refractivity contribution is 0.162. The molecule has 0 saturated carbocycles. The lowest BCUT2D eigenvalue weighted by Crippen LogP contribution is -2.27. The minimum atomic E-state index is -3.77. The number of hydrogen-bond donors (Lipinski definition) is 2. The Kier molecular flexibility index (Phi) is 5.52. The maximum absolute atomic E-state index is 12.8. The highest BCUT2D eigenvalue weighted by Crippen LogP contribution is 2.21. The van der Waals surface area contributed by atoms with Crippen molar-refractivity contribution in [1.29, 1.82) is 0 Å². The second kappa shape index (κ2) is 6.47. The number of nitrogens with one attached hydrogen (secondary N) is 1. The molecule has 1 aromatic carbocycles. The average molecular weight is 296 g/mol. The Morgan fingerprint density at radius 3 is 2.72 bits per heavy atom. The fraction of sp³-hybridized carbons (Fsp3) is 0.455. The first-order chi connectivity index (χ1) is 8.36. The summed E-state index contributed by atoms with van der Waals surface area (Å²) in [6.07, 6.45) is 0.324. The zero-order chi connectivity index (χ0) is 13.8. The highest BCUT2D eigenvalue weighted by Gasteiger charge is 2.18. The van der Waals surface area contributed by atoms with Crippen LogP contribution in [0.3, 0.4) is 0 Å². The molecule has 2 N–H and O–H groups in total. The summed E-state index contributed by atoms with van der Waals surface area (Å²) in [5.74, 6) is -0.597. The van der Waals surface area contributed by atoms with Crippen LogP contribution in [0.4, 0.5) is 4.39 Å². The number of aliphatic hydroxyl groups excluding tert-OH is 1. The normalized spacial score (nSPS) is 13.6. The molecule has 0 spiro atoms. The summed E-state index contributed by atoms with van der Waals surface area (Å²) in [6.45, 7) is 1.90. The summed E-state index contributed by atoms with van der Waals surface area (Å²) in [5, 5.41) is 9.14. The molecular formula is C11H15ClFNO3S. The molecule has 0 fully saturated rings. The highest BCUT2D eigenvalue weighted by molar-refractivity contribution is 7.89. The second-order valence-corrected chi connectivity index (χ2v) is 5.97. The largest absolute Gasteiger partial charge is 0.393 e. The minimum absolute atomic E-state index is 0.102. The fourth-order valence-electron chi connectivity index (χ4n) is 1.33. The maximum atomic E-state index is 12.8. The zero-order valence-electron chi connectivity index (χ0n) is 9.86. The van der Waals surface area contributed by atoms with Gasteiger partial charge in [-0.1, -0.05) is 18.5 Å². The Balaban J connectivity index is 2.74. The molecule has 1 rings (SSSR count). The molecule has 0 aliphatic carbocycles. The van der Waals surface area contributed by atoms with Gasteiger partial charge in [0, 0.05) is 6.54 Å². The van der Waals surface area contributed by atoms with Crippen LogP contribution in [0.15, 0.2) is 23.1 Å². The van der Waals surface area contributed by atoms with E-state index in [1.807, 2.05) is 0 Å². The summed E-state index contributed by atoms with van der Waals surface area (Å²) in [7, 11) is -3.77. The van der Waals surface area contributed by atoms with Gasteiger partial charge in [0.05, 0.1) is 11.1 Å². The first-order valence-electron chi connectivity index (χ1n) is 5.49. The van der Waals surface area contributed by atoms with Crippen molar-refractivity contribution in [2.24, 2.45) is 0 Å². The molecule has 0 aromatic heterocycles. The minimum Gasteiger partial charge on any atom is -0.393 e. The molecule has 0 amide bonds. The number of rotatable bonds is 6. The third kappa shape index (κ3) is 4.20. The Morgan fingerprint density at radius 2 is 2.17 bits per heavy atom. The lowest BCUT2D eigenvalue weighted by Gasteiger charge is -2.10. The Bertz CT molecular complexity index is 507. The van der Waals surface area contributed by atoms with Gasteiger partial charge in [-0.25, -0.2) is 17.5 Å². The highest BCUT2D eigenvalue weighted by atomic mass is 35.5. The molecule has 1 unspecified atom stereocenters. The van der Waals surface area contributed by atoms with Gasteiger partial charge in [0.2, 0.25) is 10.0 Å². The van der Waals surface area contributed by atoms with E-state index in [0.717, 1.165) is 18.2 Å². The van der Waals surface area contributed by atoms with E-state index in [1.165, 1.54) is 0 Å². The molecule has 102 valence electrons. The standard InChI is InChI=1S/C11H15ClFNO3S/c1-2-9(15)5-6-14-18(16,17)11-4-3-8(13)7-10(11)12/h3-4,7,9,14-15H,2,5-6H2,1H3. The molecule has 1 atom stereocenters. The van der Waals surface area contributed by atoms with Gasteiger partial charge >= 0.3 is 0 Å². The van der Waals surface area contributed by atoms with E-state index in [4.69, 9.17) is 11.6 Å².